The number of pyridine rings is 1. The first-order chi connectivity index (χ1) is 20.6. The number of alkyl halides is 3. The summed E-state index contributed by atoms with van der Waals surface area (Å²) in [4.78, 5) is 29.2. The third-order valence-electron chi connectivity index (χ3n) is 8.05. The Labute approximate surface area is 255 Å². The van der Waals surface area contributed by atoms with Crippen molar-refractivity contribution in [3.8, 4) is 22.8 Å². The maximum atomic E-state index is 14.6. The van der Waals surface area contributed by atoms with Gasteiger partial charge in [0.15, 0.2) is 0 Å². The number of rotatable bonds is 8. The smallest absolute Gasteiger partial charge is 0.424 e. The minimum Gasteiger partial charge on any atom is -0.496 e. The van der Waals surface area contributed by atoms with Gasteiger partial charge in [-0.2, -0.15) is 13.2 Å². The van der Waals surface area contributed by atoms with Crippen LogP contribution in [-0.2, 0) is 22.2 Å². The summed E-state index contributed by atoms with van der Waals surface area (Å²) in [6.45, 7) is 2.94. The first-order valence-electron chi connectivity index (χ1n) is 13.8. The molecule has 2 aromatic carbocycles. The number of nitrogens with zero attached hydrogens (tertiary/aromatic N) is 1. The van der Waals surface area contributed by atoms with Crippen LogP contribution in [0.25, 0.3) is 11.3 Å². The number of carbonyl (C=O) groups is 2. The number of fused-ring (bicyclic) bond motifs is 1. The van der Waals surface area contributed by atoms with Gasteiger partial charge in [0, 0.05) is 34.6 Å². The number of aromatic nitrogens is 1. The van der Waals surface area contributed by atoms with Crippen molar-refractivity contribution in [2.45, 2.75) is 43.9 Å². The molecule has 0 saturated carbocycles. The molecule has 2 aliphatic rings. The lowest BCUT2D eigenvalue weighted by atomic mass is 9.84. The maximum Gasteiger partial charge on any atom is 0.424 e. The number of amides is 2. The molecule has 3 aromatic rings. The van der Waals surface area contributed by atoms with Gasteiger partial charge in [-0.25, -0.2) is 9.37 Å². The number of benzene rings is 2. The Morgan fingerprint density at radius 2 is 1.98 bits per heavy atom. The Bertz CT molecular complexity index is 1630. The zero-order valence-corrected chi connectivity index (χ0v) is 24.8. The van der Waals surface area contributed by atoms with Crippen LogP contribution in [0, 0.1) is 11.7 Å². The topological polar surface area (TPSA) is 110 Å². The second-order valence-corrected chi connectivity index (χ2v) is 12.0. The second kappa shape index (κ2) is 11.6. The largest absolute Gasteiger partial charge is 0.496 e. The lowest BCUT2D eigenvalue weighted by Gasteiger charge is -2.31. The molecule has 3 N–H and O–H groups in total. The molecule has 44 heavy (non-hydrogen) atoms. The SMILES string of the molecule is COc1cc(C(=O)NCC(O)(c2cc3c(c(-c4ccc(F)c(Cl)c4)n2)OCC3(C)C)C(F)(F)F)ccc1CC1CCNC1=O. The molecule has 234 valence electrons. The Morgan fingerprint density at radius 3 is 2.61 bits per heavy atom. The highest BCUT2D eigenvalue weighted by molar-refractivity contribution is 6.31. The van der Waals surface area contributed by atoms with Gasteiger partial charge in [-0.05, 0) is 54.8 Å². The number of methoxy groups -OCH3 is 1. The van der Waals surface area contributed by atoms with Crippen LogP contribution in [0.4, 0.5) is 17.6 Å². The normalized spacial score (nSPS) is 18.7. The van der Waals surface area contributed by atoms with Gasteiger partial charge in [-0.15, -0.1) is 0 Å². The second-order valence-electron chi connectivity index (χ2n) is 11.6. The number of ether oxygens (including phenoxy) is 2. The third-order valence-corrected chi connectivity index (χ3v) is 8.34. The minimum absolute atomic E-state index is 0.0101. The number of carbonyl (C=O) groups excluding carboxylic acids is 2. The summed E-state index contributed by atoms with van der Waals surface area (Å²) in [6.07, 6.45) is -4.25. The summed E-state index contributed by atoms with van der Waals surface area (Å²) in [6, 6.07) is 9.05. The van der Waals surface area contributed by atoms with Crippen molar-refractivity contribution in [1.82, 2.24) is 15.6 Å². The summed E-state index contributed by atoms with van der Waals surface area (Å²) >= 11 is 5.95. The molecule has 0 spiro atoms. The molecule has 2 atom stereocenters. The zero-order chi connectivity index (χ0) is 32.0. The van der Waals surface area contributed by atoms with E-state index in [1.54, 1.807) is 19.9 Å². The van der Waals surface area contributed by atoms with Crippen LogP contribution in [0.3, 0.4) is 0 Å². The van der Waals surface area contributed by atoms with Gasteiger partial charge >= 0.3 is 6.18 Å². The molecule has 0 aliphatic carbocycles. The van der Waals surface area contributed by atoms with Crippen LogP contribution in [0.1, 0.15) is 47.4 Å². The number of hydrogen-bond donors (Lipinski definition) is 3. The molecule has 3 heterocycles. The average molecular weight is 636 g/mol. The van der Waals surface area contributed by atoms with E-state index in [-0.39, 0.29) is 46.0 Å². The molecule has 1 aromatic heterocycles. The Balaban J connectivity index is 1.47. The summed E-state index contributed by atoms with van der Waals surface area (Å²) in [7, 11) is 1.38. The maximum absolute atomic E-state index is 14.6. The standard InChI is InChI=1S/C31H30ClF4N3O5/c1-29(2)15-44-26-20(29)13-24(39-25(26)17-6-7-22(33)21(32)11-17)30(42,31(34,35)36)14-38-28(41)18-5-4-16(23(12-18)43-3)10-19-8-9-37-27(19)40/h4-7,11-13,19,42H,8-10,14-15H2,1-3H3,(H,37,40)(H,38,41). The molecule has 1 saturated heterocycles. The van der Waals surface area contributed by atoms with E-state index in [0.717, 1.165) is 12.1 Å². The van der Waals surface area contributed by atoms with E-state index < -0.39 is 41.2 Å². The predicted octanol–water partition coefficient (Wildman–Crippen LogP) is 5.08. The van der Waals surface area contributed by atoms with Gasteiger partial charge in [0.25, 0.3) is 5.91 Å². The Morgan fingerprint density at radius 1 is 1.23 bits per heavy atom. The van der Waals surface area contributed by atoms with Gasteiger partial charge in [0.1, 0.15) is 23.0 Å². The molecule has 13 heteroatoms. The lowest BCUT2D eigenvalue weighted by molar-refractivity contribution is -0.265. The highest BCUT2D eigenvalue weighted by Gasteiger charge is 2.57. The van der Waals surface area contributed by atoms with Crippen LogP contribution >= 0.6 is 11.6 Å². The van der Waals surface area contributed by atoms with Crippen LogP contribution in [0.15, 0.2) is 42.5 Å². The highest BCUT2D eigenvalue weighted by atomic mass is 35.5. The van der Waals surface area contributed by atoms with Gasteiger partial charge < -0.3 is 25.2 Å². The lowest BCUT2D eigenvalue weighted by Crippen LogP contribution is -2.51. The fourth-order valence-electron chi connectivity index (χ4n) is 5.37. The van der Waals surface area contributed by atoms with Crippen LogP contribution in [0.5, 0.6) is 11.5 Å². The highest BCUT2D eigenvalue weighted by Crippen LogP contribution is 2.48. The molecule has 2 amide bonds. The molecule has 0 radical (unpaired) electrons. The Kier molecular flexibility index (Phi) is 8.27. The van der Waals surface area contributed by atoms with Gasteiger partial charge in [0.05, 0.1) is 31.0 Å². The monoisotopic (exact) mass is 635 g/mol. The van der Waals surface area contributed by atoms with Crippen molar-refractivity contribution in [2.75, 3.05) is 26.8 Å². The first kappa shape index (κ1) is 31.5. The molecule has 2 aliphatic heterocycles. The fraction of sp³-hybridized carbons (Fsp3) is 0.387. The van der Waals surface area contributed by atoms with E-state index in [0.29, 0.717) is 36.3 Å². The van der Waals surface area contributed by atoms with E-state index in [9.17, 15) is 32.3 Å². The van der Waals surface area contributed by atoms with Crippen molar-refractivity contribution in [3.05, 3.63) is 75.7 Å². The van der Waals surface area contributed by atoms with Crippen LogP contribution < -0.4 is 20.1 Å². The van der Waals surface area contributed by atoms with Gasteiger partial charge in [-0.3, -0.25) is 9.59 Å². The average Bonchev–Trinajstić information content (AvgIpc) is 3.53. The molecule has 1 fully saturated rings. The van der Waals surface area contributed by atoms with E-state index in [1.807, 2.05) is 0 Å². The quantitative estimate of drug-likeness (QED) is 0.298. The van der Waals surface area contributed by atoms with E-state index in [4.69, 9.17) is 21.1 Å². The molecular formula is C31H30ClF4N3O5. The number of halogens is 5. The van der Waals surface area contributed by atoms with E-state index in [2.05, 4.69) is 15.6 Å². The number of hydrogen-bond acceptors (Lipinski definition) is 6. The third kappa shape index (κ3) is 5.80. The molecule has 5 rings (SSSR count). The summed E-state index contributed by atoms with van der Waals surface area (Å²) in [5.74, 6) is -1.47. The molecule has 8 nitrogen and oxygen atoms in total. The Hall–Kier alpha value is -3.90. The van der Waals surface area contributed by atoms with Crippen LogP contribution in [-0.4, -0.2) is 54.9 Å². The molecule has 2 unspecified atom stereocenters. The van der Waals surface area contributed by atoms with E-state index >= 15 is 0 Å². The van der Waals surface area contributed by atoms with E-state index in [1.165, 1.54) is 31.4 Å². The predicted molar refractivity (Wildman–Crippen MR) is 153 cm³/mol. The molecule has 0 bridgehead atoms. The summed E-state index contributed by atoms with van der Waals surface area (Å²) in [5.41, 5.74) is -4.02. The number of aliphatic hydroxyl groups is 1. The summed E-state index contributed by atoms with van der Waals surface area (Å²) < 4.78 is 69.0. The summed E-state index contributed by atoms with van der Waals surface area (Å²) in [5, 5.41) is 15.9. The van der Waals surface area contributed by atoms with Crippen molar-refractivity contribution >= 4 is 23.4 Å². The minimum atomic E-state index is -5.27. The molecular weight excluding hydrogens is 606 g/mol. The van der Waals surface area contributed by atoms with Crippen molar-refractivity contribution < 1.29 is 41.7 Å². The van der Waals surface area contributed by atoms with Crippen molar-refractivity contribution in [3.63, 3.8) is 0 Å². The van der Waals surface area contributed by atoms with Gasteiger partial charge in [-0.1, -0.05) is 31.5 Å². The first-order valence-corrected chi connectivity index (χ1v) is 14.2. The van der Waals surface area contributed by atoms with Gasteiger partial charge in [0.2, 0.25) is 11.5 Å². The fourth-order valence-corrected chi connectivity index (χ4v) is 5.55. The van der Waals surface area contributed by atoms with Crippen LogP contribution in [0.2, 0.25) is 5.02 Å². The van der Waals surface area contributed by atoms with Crippen molar-refractivity contribution in [2.24, 2.45) is 5.92 Å². The van der Waals surface area contributed by atoms with Crippen molar-refractivity contribution in [1.29, 1.82) is 0 Å². The number of nitrogens with one attached hydrogen (secondary N) is 2. The zero-order valence-electron chi connectivity index (χ0n) is 24.1.